The first-order valence-corrected chi connectivity index (χ1v) is 9.16. The van der Waals surface area contributed by atoms with Crippen LogP contribution in [-0.2, 0) is 0 Å². The number of hydrogen-bond donors (Lipinski definition) is 2. The Morgan fingerprint density at radius 1 is 1.10 bits per heavy atom. The summed E-state index contributed by atoms with van der Waals surface area (Å²) in [6.45, 7) is 2.57. The van der Waals surface area contributed by atoms with Gasteiger partial charge < -0.3 is 19.6 Å². The molecule has 4 rings (SSSR count). The van der Waals surface area contributed by atoms with E-state index in [1.165, 1.54) is 0 Å². The Kier molecular flexibility index (Phi) is 5.07. The minimum Gasteiger partial charge on any atom is -0.422 e. The number of rotatable bonds is 5. The van der Waals surface area contributed by atoms with Crippen LogP contribution in [0.2, 0.25) is 0 Å². The number of urea groups is 1. The van der Waals surface area contributed by atoms with Crippen molar-refractivity contribution < 1.29 is 13.7 Å². The quantitative estimate of drug-likeness (QED) is 0.498. The molecule has 0 atom stereocenters. The smallest absolute Gasteiger partial charge is 0.349 e. The predicted octanol–water partition coefficient (Wildman–Crippen LogP) is 4.04. The van der Waals surface area contributed by atoms with E-state index < -0.39 is 5.63 Å². The molecule has 2 aromatic carbocycles. The first kappa shape index (κ1) is 18.4. The number of anilines is 1. The van der Waals surface area contributed by atoms with Crippen molar-refractivity contribution in [1.29, 1.82) is 0 Å². The highest BCUT2D eigenvalue weighted by Gasteiger charge is 2.16. The van der Waals surface area contributed by atoms with Gasteiger partial charge in [0.2, 0.25) is 5.82 Å². The maximum absolute atomic E-state index is 12.3. The number of carbonyl (C=O) groups excluding carboxylic acids is 1. The number of nitrogens with zero attached hydrogens (tertiary/aromatic N) is 2. The van der Waals surface area contributed by atoms with Crippen molar-refractivity contribution in [2.75, 3.05) is 11.9 Å². The zero-order valence-corrected chi connectivity index (χ0v) is 15.6. The van der Waals surface area contributed by atoms with Crippen molar-refractivity contribution in [1.82, 2.24) is 15.5 Å². The summed E-state index contributed by atoms with van der Waals surface area (Å²) >= 11 is 0. The van der Waals surface area contributed by atoms with Gasteiger partial charge in [-0.15, -0.1) is 0 Å². The van der Waals surface area contributed by atoms with Crippen LogP contribution in [0.5, 0.6) is 0 Å². The molecule has 0 fully saturated rings. The molecule has 2 amide bonds. The number of amides is 2. The van der Waals surface area contributed by atoms with Crippen molar-refractivity contribution in [2.45, 2.75) is 13.3 Å². The number of hydrogen-bond acceptors (Lipinski definition) is 6. The summed E-state index contributed by atoms with van der Waals surface area (Å²) in [5.41, 5.74) is 1.35. The number of fused-ring (bicyclic) bond motifs is 1. The Morgan fingerprint density at radius 3 is 2.83 bits per heavy atom. The third-order valence-electron chi connectivity index (χ3n) is 4.21. The Hall–Kier alpha value is -3.94. The second kappa shape index (κ2) is 7.97. The SMILES string of the molecule is CCCNC(=O)Nc1cccc(-c2noc(-c3cc4ccccc4oc3=O)n2)c1. The second-order valence-electron chi connectivity index (χ2n) is 6.37. The van der Waals surface area contributed by atoms with Crippen LogP contribution in [0.25, 0.3) is 33.8 Å². The van der Waals surface area contributed by atoms with Gasteiger partial charge in [0.05, 0.1) is 0 Å². The van der Waals surface area contributed by atoms with Crippen LogP contribution in [0.1, 0.15) is 13.3 Å². The number of nitrogens with one attached hydrogen (secondary N) is 2. The van der Waals surface area contributed by atoms with E-state index in [9.17, 15) is 9.59 Å². The molecule has 8 nitrogen and oxygen atoms in total. The summed E-state index contributed by atoms with van der Waals surface area (Å²) < 4.78 is 10.6. The Bertz CT molecular complexity index is 1230. The Labute approximate surface area is 165 Å². The fraction of sp³-hybridized carbons (Fsp3) is 0.143. The molecule has 0 saturated carbocycles. The van der Waals surface area contributed by atoms with Crippen LogP contribution >= 0.6 is 0 Å². The molecule has 29 heavy (non-hydrogen) atoms. The standard InChI is InChI=1S/C21H18N4O4/c1-2-10-22-21(27)23-15-8-5-7-14(11-15)18-24-19(29-25-18)16-12-13-6-3-4-9-17(13)28-20(16)26/h3-9,11-12H,2,10H2,1H3,(H2,22,23,27). The van der Waals surface area contributed by atoms with Crippen LogP contribution in [-0.4, -0.2) is 22.7 Å². The Balaban J connectivity index is 1.61. The molecule has 2 heterocycles. The van der Waals surface area contributed by atoms with Gasteiger partial charge >= 0.3 is 11.7 Å². The lowest BCUT2D eigenvalue weighted by atomic mass is 10.2. The highest BCUT2D eigenvalue weighted by atomic mass is 16.5. The van der Waals surface area contributed by atoms with Crippen LogP contribution < -0.4 is 16.3 Å². The van der Waals surface area contributed by atoms with Crippen molar-refractivity contribution in [2.24, 2.45) is 0 Å². The van der Waals surface area contributed by atoms with Gasteiger partial charge in [0.25, 0.3) is 5.89 Å². The van der Waals surface area contributed by atoms with Crippen molar-refractivity contribution in [3.63, 3.8) is 0 Å². The lowest BCUT2D eigenvalue weighted by Crippen LogP contribution is -2.29. The monoisotopic (exact) mass is 390 g/mol. The molecule has 0 bridgehead atoms. The van der Waals surface area contributed by atoms with Crippen LogP contribution in [0.4, 0.5) is 10.5 Å². The molecular formula is C21H18N4O4. The number of benzene rings is 2. The van der Waals surface area contributed by atoms with E-state index in [4.69, 9.17) is 8.94 Å². The molecule has 0 aliphatic carbocycles. The van der Waals surface area contributed by atoms with Crippen LogP contribution in [0, 0.1) is 0 Å². The molecule has 0 unspecified atom stereocenters. The zero-order chi connectivity index (χ0) is 20.2. The molecule has 0 radical (unpaired) electrons. The summed E-state index contributed by atoms with van der Waals surface area (Å²) in [4.78, 5) is 28.5. The summed E-state index contributed by atoms with van der Waals surface area (Å²) in [6.07, 6.45) is 0.849. The lowest BCUT2D eigenvalue weighted by Gasteiger charge is -2.07. The topological polar surface area (TPSA) is 110 Å². The van der Waals surface area contributed by atoms with Crippen LogP contribution in [0.3, 0.4) is 0 Å². The first-order chi connectivity index (χ1) is 14.1. The van der Waals surface area contributed by atoms with Gasteiger partial charge in [-0.2, -0.15) is 4.98 Å². The third-order valence-corrected chi connectivity index (χ3v) is 4.21. The zero-order valence-electron chi connectivity index (χ0n) is 15.6. The van der Waals surface area contributed by atoms with Crippen LogP contribution in [0.15, 0.2) is 68.3 Å². The minimum absolute atomic E-state index is 0.0681. The lowest BCUT2D eigenvalue weighted by molar-refractivity contribution is 0.252. The molecule has 8 heteroatoms. The summed E-state index contributed by atoms with van der Waals surface area (Å²) in [6, 6.07) is 15.6. The van der Waals surface area contributed by atoms with Crippen molar-refractivity contribution in [3.05, 3.63) is 65.0 Å². The average molecular weight is 390 g/mol. The Morgan fingerprint density at radius 2 is 1.97 bits per heavy atom. The molecule has 0 aliphatic rings. The molecule has 0 spiro atoms. The van der Waals surface area contributed by atoms with E-state index in [1.54, 1.807) is 42.5 Å². The van der Waals surface area contributed by atoms with Gasteiger partial charge in [-0.25, -0.2) is 9.59 Å². The minimum atomic E-state index is -0.554. The fourth-order valence-corrected chi connectivity index (χ4v) is 2.81. The maximum Gasteiger partial charge on any atom is 0.349 e. The fourth-order valence-electron chi connectivity index (χ4n) is 2.81. The second-order valence-corrected chi connectivity index (χ2v) is 6.37. The average Bonchev–Trinajstić information content (AvgIpc) is 3.22. The summed E-state index contributed by atoms with van der Waals surface area (Å²) in [5, 5.41) is 10.2. The van der Waals surface area contributed by atoms with E-state index in [0.29, 0.717) is 29.2 Å². The van der Waals surface area contributed by atoms with E-state index in [1.807, 2.05) is 19.1 Å². The van der Waals surface area contributed by atoms with E-state index in [-0.39, 0.29) is 17.5 Å². The first-order valence-electron chi connectivity index (χ1n) is 9.16. The van der Waals surface area contributed by atoms with Gasteiger partial charge in [-0.1, -0.05) is 42.4 Å². The molecule has 0 aliphatic heterocycles. The molecular weight excluding hydrogens is 372 g/mol. The van der Waals surface area contributed by atoms with E-state index in [0.717, 1.165) is 11.8 Å². The highest BCUT2D eigenvalue weighted by molar-refractivity contribution is 5.90. The van der Waals surface area contributed by atoms with Gasteiger partial charge in [0, 0.05) is 23.2 Å². The number of aromatic nitrogens is 2. The summed E-state index contributed by atoms with van der Waals surface area (Å²) in [7, 11) is 0. The normalized spacial score (nSPS) is 10.8. The van der Waals surface area contributed by atoms with Gasteiger partial charge in [0.1, 0.15) is 11.1 Å². The number of carbonyl (C=O) groups is 1. The predicted molar refractivity (Wildman–Crippen MR) is 109 cm³/mol. The van der Waals surface area contributed by atoms with Gasteiger partial charge in [-0.05, 0) is 30.7 Å². The van der Waals surface area contributed by atoms with Crippen molar-refractivity contribution >= 4 is 22.7 Å². The molecule has 146 valence electrons. The van der Waals surface area contributed by atoms with E-state index in [2.05, 4.69) is 20.8 Å². The van der Waals surface area contributed by atoms with Gasteiger partial charge in [-0.3, -0.25) is 0 Å². The molecule has 2 N–H and O–H groups in total. The molecule has 4 aromatic rings. The maximum atomic E-state index is 12.3. The van der Waals surface area contributed by atoms with E-state index >= 15 is 0 Å². The molecule has 0 saturated heterocycles. The highest BCUT2D eigenvalue weighted by Crippen LogP contribution is 2.24. The third kappa shape index (κ3) is 4.01. The molecule has 2 aromatic heterocycles. The number of para-hydroxylation sites is 1. The van der Waals surface area contributed by atoms with Crippen molar-refractivity contribution in [3.8, 4) is 22.8 Å². The largest absolute Gasteiger partial charge is 0.422 e. The summed E-state index contributed by atoms with van der Waals surface area (Å²) in [5.74, 6) is 0.365. The van der Waals surface area contributed by atoms with Gasteiger partial charge in [0.15, 0.2) is 0 Å².